The van der Waals surface area contributed by atoms with Gasteiger partial charge in [0.25, 0.3) is 6.43 Å². The van der Waals surface area contributed by atoms with E-state index in [9.17, 15) is 8.78 Å². The Kier molecular flexibility index (Phi) is 3.89. The van der Waals surface area contributed by atoms with Crippen LogP contribution in [0, 0.1) is 0 Å². The number of hydrogen-bond acceptors (Lipinski definition) is 2. The Morgan fingerprint density at radius 3 is 2.69 bits per heavy atom. The number of alkyl halides is 3. The zero-order valence-corrected chi connectivity index (χ0v) is 7.47. The predicted octanol–water partition coefficient (Wildman–Crippen LogP) is 2.46. The number of ether oxygens (including phenoxy) is 1. The average Bonchev–Trinajstić information content (AvgIpc) is 2.15. The molecule has 13 heavy (non-hydrogen) atoms. The van der Waals surface area contributed by atoms with Crippen molar-refractivity contribution in [1.29, 1.82) is 0 Å². The van der Waals surface area contributed by atoms with Crippen LogP contribution in [-0.4, -0.2) is 18.0 Å². The van der Waals surface area contributed by atoms with E-state index in [1.807, 2.05) is 0 Å². The molecule has 5 heteroatoms. The molecule has 2 nitrogen and oxygen atoms in total. The van der Waals surface area contributed by atoms with E-state index in [1.54, 1.807) is 12.1 Å². The van der Waals surface area contributed by atoms with Crippen molar-refractivity contribution in [2.75, 3.05) is 6.61 Å². The maximum Gasteiger partial charge on any atom is 0.272 e. The summed E-state index contributed by atoms with van der Waals surface area (Å²) in [6.45, 7) is -0.609. The first-order valence-electron chi connectivity index (χ1n) is 3.64. The molecule has 0 aliphatic carbocycles. The van der Waals surface area contributed by atoms with Gasteiger partial charge >= 0.3 is 0 Å². The Labute approximate surface area is 79.5 Å². The molecule has 1 aromatic rings. The molecule has 0 saturated carbocycles. The first-order valence-corrected chi connectivity index (χ1v) is 4.17. The molecule has 0 bridgehead atoms. The summed E-state index contributed by atoms with van der Waals surface area (Å²) in [4.78, 5) is 3.87. The fourth-order valence-electron chi connectivity index (χ4n) is 0.735. The third kappa shape index (κ3) is 3.55. The van der Waals surface area contributed by atoms with Crippen molar-refractivity contribution in [1.82, 2.24) is 4.98 Å². The molecule has 72 valence electrons. The second kappa shape index (κ2) is 4.97. The summed E-state index contributed by atoms with van der Waals surface area (Å²) in [5.74, 6) is 0.629. The van der Waals surface area contributed by atoms with Crippen LogP contribution in [0.3, 0.4) is 0 Å². The highest BCUT2D eigenvalue weighted by molar-refractivity contribution is 6.16. The summed E-state index contributed by atoms with van der Waals surface area (Å²) in [6.07, 6.45) is -1.09. The molecule has 0 saturated heterocycles. The molecule has 0 radical (unpaired) electrons. The van der Waals surface area contributed by atoms with E-state index < -0.39 is 13.0 Å². The van der Waals surface area contributed by atoms with Crippen molar-refractivity contribution < 1.29 is 13.5 Å². The van der Waals surface area contributed by atoms with Crippen molar-refractivity contribution in [2.45, 2.75) is 12.3 Å². The average molecular weight is 208 g/mol. The monoisotopic (exact) mass is 207 g/mol. The fraction of sp³-hybridized carbons (Fsp3) is 0.375. The van der Waals surface area contributed by atoms with Gasteiger partial charge in [0.15, 0.2) is 0 Å². The van der Waals surface area contributed by atoms with Gasteiger partial charge in [-0.2, -0.15) is 0 Å². The SMILES string of the molecule is FC(F)COc1ccc(CCl)nc1. The number of hydrogen-bond donors (Lipinski definition) is 0. The first-order chi connectivity index (χ1) is 6.22. The van der Waals surface area contributed by atoms with E-state index in [0.717, 1.165) is 0 Å². The van der Waals surface area contributed by atoms with Gasteiger partial charge in [0.1, 0.15) is 12.4 Å². The molecule has 0 spiro atoms. The van der Waals surface area contributed by atoms with Crippen LogP contribution in [0.1, 0.15) is 5.69 Å². The summed E-state index contributed by atoms with van der Waals surface area (Å²) >= 11 is 5.48. The third-order valence-electron chi connectivity index (χ3n) is 1.31. The second-order valence-electron chi connectivity index (χ2n) is 2.32. The molecular weight excluding hydrogens is 200 g/mol. The summed E-state index contributed by atoms with van der Waals surface area (Å²) in [5, 5.41) is 0. The molecule has 0 aromatic carbocycles. The molecule has 0 N–H and O–H groups in total. The van der Waals surface area contributed by atoms with Crippen LogP contribution in [0.4, 0.5) is 8.78 Å². The van der Waals surface area contributed by atoms with Crippen molar-refractivity contribution in [2.24, 2.45) is 0 Å². The molecule has 0 unspecified atom stereocenters. The van der Waals surface area contributed by atoms with Crippen molar-refractivity contribution >= 4 is 11.6 Å². The molecule has 1 aromatic heterocycles. The number of pyridine rings is 1. The third-order valence-corrected chi connectivity index (χ3v) is 1.58. The topological polar surface area (TPSA) is 22.1 Å². The quantitative estimate of drug-likeness (QED) is 0.708. The molecule has 1 heterocycles. The Bertz CT molecular complexity index is 253. The van der Waals surface area contributed by atoms with Gasteiger partial charge in [-0.25, -0.2) is 8.78 Å². The summed E-state index contributed by atoms with van der Waals surface area (Å²) in [5.41, 5.74) is 0.686. The highest BCUT2D eigenvalue weighted by atomic mass is 35.5. The number of halogens is 3. The maximum atomic E-state index is 11.7. The van der Waals surface area contributed by atoms with Gasteiger partial charge in [-0.1, -0.05) is 0 Å². The molecule has 0 atom stereocenters. The van der Waals surface area contributed by atoms with Gasteiger partial charge in [0.05, 0.1) is 17.8 Å². The Morgan fingerprint density at radius 1 is 1.46 bits per heavy atom. The lowest BCUT2D eigenvalue weighted by atomic mass is 10.4. The Balaban J connectivity index is 2.49. The van der Waals surface area contributed by atoms with Gasteiger partial charge in [-0.3, -0.25) is 4.98 Å². The largest absolute Gasteiger partial charge is 0.486 e. The van der Waals surface area contributed by atoms with Crippen molar-refractivity contribution in [3.8, 4) is 5.75 Å². The number of rotatable bonds is 4. The number of aromatic nitrogens is 1. The van der Waals surface area contributed by atoms with Crippen LogP contribution in [0.2, 0.25) is 0 Å². The molecule has 0 aliphatic heterocycles. The predicted molar refractivity (Wildman–Crippen MR) is 45.3 cm³/mol. The lowest BCUT2D eigenvalue weighted by Gasteiger charge is -2.04. The zero-order chi connectivity index (χ0) is 9.68. The summed E-state index contributed by atoms with van der Waals surface area (Å²) in [7, 11) is 0. The zero-order valence-electron chi connectivity index (χ0n) is 6.71. The number of nitrogens with zero attached hydrogens (tertiary/aromatic N) is 1. The Morgan fingerprint density at radius 2 is 2.23 bits per heavy atom. The Hall–Kier alpha value is -0.900. The molecular formula is C8H8ClF2NO. The van der Waals surface area contributed by atoms with Gasteiger partial charge in [0.2, 0.25) is 0 Å². The fourth-order valence-corrected chi connectivity index (χ4v) is 0.893. The molecule has 0 amide bonds. The van der Waals surface area contributed by atoms with E-state index in [2.05, 4.69) is 4.98 Å². The van der Waals surface area contributed by atoms with E-state index in [-0.39, 0.29) is 0 Å². The van der Waals surface area contributed by atoms with E-state index in [4.69, 9.17) is 16.3 Å². The summed E-state index contributed by atoms with van der Waals surface area (Å²) < 4.78 is 28.1. The van der Waals surface area contributed by atoms with Crippen LogP contribution in [0.25, 0.3) is 0 Å². The molecule has 0 aliphatic rings. The minimum atomic E-state index is -2.47. The minimum absolute atomic E-state index is 0.301. The smallest absolute Gasteiger partial charge is 0.272 e. The normalized spacial score (nSPS) is 10.5. The van der Waals surface area contributed by atoms with Gasteiger partial charge in [0, 0.05) is 0 Å². The van der Waals surface area contributed by atoms with Gasteiger partial charge in [-0.05, 0) is 12.1 Å². The minimum Gasteiger partial charge on any atom is -0.486 e. The van der Waals surface area contributed by atoms with Crippen LogP contribution < -0.4 is 4.74 Å². The molecule has 1 rings (SSSR count). The maximum absolute atomic E-state index is 11.7. The van der Waals surface area contributed by atoms with E-state index >= 15 is 0 Å². The first kappa shape index (κ1) is 10.2. The van der Waals surface area contributed by atoms with Crippen molar-refractivity contribution in [3.63, 3.8) is 0 Å². The molecule has 0 fully saturated rings. The van der Waals surface area contributed by atoms with Gasteiger partial charge < -0.3 is 4.74 Å². The van der Waals surface area contributed by atoms with Crippen LogP contribution in [-0.2, 0) is 5.88 Å². The highest BCUT2D eigenvalue weighted by Gasteiger charge is 2.03. The van der Waals surface area contributed by atoms with Crippen LogP contribution in [0.5, 0.6) is 5.75 Å². The van der Waals surface area contributed by atoms with Gasteiger partial charge in [-0.15, -0.1) is 11.6 Å². The van der Waals surface area contributed by atoms with E-state index in [1.165, 1.54) is 6.20 Å². The summed E-state index contributed by atoms with van der Waals surface area (Å²) in [6, 6.07) is 3.20. The van der Waals surface area contributed by atoms with E-state index in [0.29, 0.717) is 17.3 Å². The lowest BCUT2D eigenvalue weighted by molar-refractivity contribution is 0.0817. The van der Waals surface area contributed by atoms with Crippen LogP contribution >= 0.6 is 11.6 Å². The highest BCUT2D eigenvalue weighted by Crippen LogP contribution is 2.11. The van der Waals surface area contributed by atoms with Crippen LogP contribution in [0.15, 0.2) is 18.3 Å². The standard InChI is InChI=1S/C8H8ClF2NO/c9-3-6-1-2-7(4-12-6)13-5-8(10)11/h1-2,4,8H,3,5H2. The second-order valence-corrected chi connectivity index (χ2v) is 2.59. The van der Waals surface area contributed by atoms with Crippen molar-refractivity contribution in [3.05, 3.63) is 24.0 Å². The lowest BCUT2D eigenvalue weighted by Crippen LogP contribution is -2.07.